The molecule has 0 aliphatic carbocycles. The minimum absolute atomic E-state index is 0.248. The summed E-state index contributed by atoms with van der Waals surface area (Å²) in [5.74, 6) is 1.05. The first-order valence-corrected chi connectivity index (χ1v) is 9.59. The van der Waals surface area contributed by atoms with Crippen molar-refractivity contribution in [2.45, 2.75) is 24.7 Å². The molecule has 0 spiro atoms. The van der Waals surface area contributed by atoms with Crippen LogP contribution in [0.2, 0.25) is 0 Å². The van der Waals surface area contributed by atoms with Gasteiger partial charge in [-0.05, 0) is 65.4 Å². The van der Waals surface area contributed by atoms with Gasteiger partial charge < -0.3 is 5.73 Å². The van der Waals surface area contributed by atoms with Gasteiger partial charge in [0.15, 0.2) is 0 Å². The van der Waals surface area contributed by atoms with E-state index in [4.69, 9.17) is 5.73 Å². The smallest absolute Gasteiger partial charge is 0.240 e. The number of thioether (sulfide) groups is 1. The molecule has 0 fully saturated rings. The average molecular weight is 367 g/mol. The van der Waals surface area contributed by atoms with Crippen LogP contribution in [0, 0.1) is 6.92 Å². The van der Waals surface area contributed by atoms with Crippen molar-refractivity contribution in [3.8, 4) is 0 Å². The largest absolute Gasteiger partial charge is 0.398 e. The van der Waals surface area contributed by atoms with Crippen LogP contribution in [0.25, 0.3) is 0 Å². The van der Waals surface area contributed by atoms with Crippen molar-refractivity contribution in [3.05, 3.63) is 22.2 Å². The first-order valence-electron chi connectivity index (χ1n) is 5.92. The Bertz CT molecular complexity index is 533. The molecule has 0 aliphatic heterocycles. The molecule has 0 radical (unpaired) electrons. The second-order valence-electron chi connectivity index (χ2n) is 4.24. The maximum Gasteiger partial charge on any atom is 0.240 e. The van der Waals surface area contributed by atoms with E-state index in [0.29, 0.717) is 22.3 Å². The Kier molecular flexibility index (Phi) is 6.65. The second kappa shape index (κ2) is 7.52. The van der Waals surface area contributed by atoms with Crippen molar-refractivity contribution in [1.29, 1.82) is 0 Å². The van der Waals surface area contributed by atoms with Crippen LogP contribution in [0.5, 0.6) is 0 Å². The van der Waals surface area contributed by atoms with Crippen LogP contribution in [0.1, 0.15) is 18.4 Å². The Hall–Kier alpha value is -0.240. The summed E-state index contributed by atoms with van der Waals surface area (Å²) in [4.78, 5) is 0.248. The Morgan fingerprint density at radius 3 is 2.68 bits per heavy atom. The monoisotopic (exact) mass is 366 g/mol. The number of hydrogen-bond acceptors (Lipinski definition) is 4. The highest BCUT2D eigenvalue weighted by Gasteiger charge is 2.17. The lowest BCUT2D eigenvalue weighted by molar-refractivity contribution is 0.578. The highest BCUT2D eigenvalue weighted by atomic mass is 79.9. The summed E-state index contributed by atoms with van der Waals surface area (Å²) in [6, 6.07) is 3.21. The number of sulfonamides is 1. The summed E-state index contributed by atoms with van der Waals surface area (Å²) in [6.45, 7) is 2.21. The summed E-state index contributed by atoms with van der Waals surface area (Å²) in [5, 5.41) is 0. The van der Waals surface area contributed by atoms with Crippen LogP contribution in [-0.2, 0) is 10.0 Å². The standard InChI is InChI=1S/C12H19BrN2O2S2/c1-9-7-10(13)11(14)8-12(9)19(16,17)15-5-3-4-6-18-2/h7-8,15H,3-6,14H2,1-2H3. The molecule has 1 aromatic rings. The Labute approximate surface area is 127 Å². The number of unbranched alkanes of at least 4 members (excludes halogenated alkanes) is 1. The lowest BCUT2D eigenvalue weighted by Gasteiger charge is -2.11. The average Bonchev–Trinajstić information content (AvgIpc) is 2.33. The van der Waals surface area contributed by atoms with Crippen molar-refractivity contribution in [3.63, 3.8) is 0 Å². The van der Waals surface area contributed by atoms with E-state index < -0.39 is 10.0 Å². The van der Waals surface area contributed by atoms with Crippen LogP contribution >= 0.6 is 27.7 Å². The molecular weight excluding hydrogens is 348 g/mol. The third kappa shape index (κ3) is 4.98. The zero-order valence-electron chi connectivity index (χ0n) is 11.1. The summed E-state index contributed by atoms with van der Waals surface area (Å²) < 4.78 is 27.6. The first-order chi connectivity index (χ1) is 8.88. The molecule has 0 saturated heterocycles. The van der Waals surface area contributed by atoms with Crippen molar-refractivity contribution in [2.24, 2.45) is 0 Å². The van der Waals surface area contributed by atoms with E-state index in [1.54, 1.807) is 24.8 Å². The lowest BCUT2D eigenvalue weighted by Crippen LogP contribution is -2.25. The van der Waals surface area contributed by atoms with Gasteiger partial charge in [0.1, 0.15) is 0 Å². The highest BCUT2D eigenvalue weighted by molar-refractivity contribution is 9.10. The molecule has 0 aromatic heterocycles. The minimum atomic E-state index is -3.48. The molecule has 0 unspecified atom stereocenters. The Morgan fingerprint density at radius 1 is 1.37 bits per heavy atom. The summed E-state index contributed by atoms with van der Waals surface area (Å²) in [7, 11) is -3.48. The first kappa shape index (κ1) is 16.8. The summed E-state index contributed by atoms with van der Waals surface area (Å²) in [5.41, 5.74) is 6.84. The van der Waals surface area contributed by atoms with Crippen molar-refractivity contribution < 1.29 is 8.42 Å². The molecule has 0 bridgehead atoms. The van der Waals surface area contributed by atoms with Crippen LogP contribution < -0.4 is 10.5 Å². The maximum atomic E-state index is 12.2. The van der Waals surface area contributed by atoms with Gasteiger partial charge in [-0.15, -0.1) is 0 Å². The minimum Gasteiger partial charge on any atom is -0.398 e. The molecule has 0 heterocycles. The number of aryl methyl sites for hydroxylation is 1. The molecule has 1 rings (SSSR count). The van der Waals surface area contributed by atoms with E-state index in [1.165, 1.54) is 6.07 Å². The van der Waals surface area contributed by atoms with E-state index in [9.17, 15) is 8.42 Å². The molecule has 108 valence electrons. The molecule has 7 heteroatoms. The van der Waals surface area contributed by atoms with Gasteiger partial charge in [-0.1, -0.05) is 0 Å². The molecule has 3 N–H and O–H groups in total. The van der Waals surface area contributed by atoms with Gasteiger partial charge in [-0.25, -0.2) is 13.1 Å². The molecule has 0 aliphatic rings. The van der Waals surface area contributed by atoms with Crippen LogP contribution in [0.3, 0.4) is 0 Å². The van der Waals surface area contributed by atoms with E-state index in [1.807, 2.05) is 6.26 Å². The fraction of sp³-hybridized carbons (Fsp3) is 0.500. The van der Waals surface area contributed by atoms with Crippen LogP contribution in [0.15, 0.2) is 21.5 Å². The van der Waals surface area contributed by atoms with Crippen molar-refractivity contribution in [1.82, 2.24) is 4.72 Å². The van der Waals surface area contributed by atoms with Gasteiger partial charge in [0.2, 0.25) is 10.0 Å². The van der Waals surface area contributed by atoms with Gasteiger partial charge in [-0.3, -0.25) is 0 Å². The third-order valence-corrected chi connectivity index (χ3v) is 5.64. The van der Waals surface area contributed by atoms with E-state index in [-0.39, 0.29) is 4.90 Å². The zero-order chi connectivity index (χ0) is 14.5. The molecular formula is C12H19BrN2O2S2. The molecule has 0 saturated carbocycles. The normalized spacial score (nSPS) is 11.7. The molecule has 0 atom stereocenters. The fourth-order valence-electron chi connectivity index (χ4n) is 1.61. The van der Waals surface area contributed by atoms with E-state index in [2.05, 4.69) is 20.7 Å². The summed E-state index contributed by atoms with van der Waals surface area (Å²) in [6.07, 6.45) is 3.88. The van der Waals surface area contributed by atoms with Crippen LogP contribution in [-0.4, -0.2) is 27.0 Å². The zero-order valence-corrected chi connectivity index (χ0v) is 14.3. The SMILES string of the molecule is CSCCCCNS(=O)(=O)c1cc(N)c(Br)cc1C. The molecule has 1 aromatic carbocycles. The second-order valence-corrected chi connectivity index (χ2v) is 7.81. The highest BCUT2D eigenvalue weighted by Crippen LogP contribution is 2.26. The van der Waals surface area contributed by atoms with Crippen LogP contribution in [0.4, 0.5) is 5.69 Å². The van der Waals surface area contributed by atoms with Crippen molar-refractivity contribution >= 4 is 43.4 Å². The number of nitrogen functional groups attached to an aromatic ring is 1. The molecule has 19 heavy (non-hydrogen) atoms. The summed E-state index contributed by atoms with van der Waals surface area (Å²) >= 11 is 5.05. The number of hydrogen-bond donors (Lipinski definition) is 2. The van der Waals surface area contributed by atoms with Crippen molar-refractivity contribution in [2.75, 3.05) is 24.3 Å². The number of nitrogens with two attached hydrogens (primary N) is 1. The van der Waals surface area contributed by atoms with Gasteiger partial charge in [0.25, 0.3) is 0 Å². The van der Waals surface area contributed by atoms with E-state index in [0.717, 1.165) is 18.6 Å². The molecule has 4 nitrogen and oxygen atoms in total. The van der Waals surface area contributed by atoms with E-state index >= 15 is 0 Å². The number of halogens is 1. The predicted molar refractivity (Wildman–Crippen MR) is 86.1 cm³/mol. The van der Waals surface area contributed by atoms with Gasteiger partial charge in [-0.2, -0.15) is 11.8 Å². The number of nitrogens with one attached hydrogen (secondary N) is 1. The quantitative estimate of drug-likeness (QED) is 0.574. The number of anilines is 1. The third-order valence-electron chi connectivity index (χ3n) is 2.65. The van der Waals surface area contributed by atoms with Gasteiger partial charge in [0.05, 0.1) is 4.90 Å². The number of rotatable bonds is 7. The lowest BCUT2D eigenvalue weighted by atomic mass is 10.2. The Balaban J connectivity index is 2.75. The fourth-order valence-corrected chi connectivity index (χ4v) is 3.90. The van der Waals surface area contributed by atoms with Gasteiger partial charge >= 0.3 is 0 Å². The van der Waals surface area contributed by atoms with Gasteiger partial charge in [0, 0.05) is 16.7 Å². The maximum absolute atomic E-state index is 12.2. The predicted octanol–water partition coefficient (Wildman–Crippen LogP) is 2.76. The topological polar surface area (TPSA) is 72.2 Å². The molecule has 0 amide bonds. The number of benzene rings is 1. The Morgan fingerprint density at radius 2 is 2.05 bits per heavy atom.